The predicted octanol–water partition coefficient (Wildman–Crippen LogP) is 1.58. The molecule has 2 N–H and O–H groups in total. The molecule has 0 saturated carbocycles. The molecule has 0 aromatic carbocycles. The van der Waals surface area contributed by atoms with Crippen LogP contribution in [0.15, 0.2) is 12.2 Å². The standard InChI is InChI=1S/C7H12O.CH3.Ag.HNO3/c8-7-5-3-1-2-4-6-7;;;2-1(3)4/h1,3,7-8H,2,4-6H2;1H3;;(H,2,3,4)/q;-1;+1;/t7-;;;/m1.../s1. The molecule has 0 amide bonds. The normalized spacial score (nSPS) is 18.8. The third-order valence-electron chi connectivity index (χ3n) is 1.48. The molecule has 1 atom stereocenters. The summed E-state index contributed by atoms with van der Waals surface area (Å²) in [6.45, 7) is 0. The van der Waals surface area contributed by atoms with E-state index in [1.807, 2.05) is 0 Å². The summed E-state index contributed by atoms with van der Waals surface area (Å²) in [5.74, 6) is 0. The molecule has 0 aromatic heterocycles. The third kappa shape index (κ3) is 17.7. The minimum atomic E-state index is -1.50. The quantitative estimate of drug-likeness (QED) is 0.234. The van der Waals surface area contributed by atoms with Crippen LogP contribution in [0, 0.1) is 17.5 Å². The summed E-state index contributed by atoms with van der Waals surface area (Å²) in [6.07, 6.45) is 8.30. The molecule has 14 heavy (non-hydrogen) atoms. The molecule has 0 radical (unpaired) electrons. The van der Waals surface area contributed by atoms with Crippen molar-refractivity contribution in [3.05, 3.63) is 29.7 Å². The largest absolute Gasteiger partial charge is 1.00 e. The molecule has 88 valence electrons. The van der Waals surface area contributed by atoms with Crippen LogP contribution >= 0.6 is 0 Å². The molecular weight excluding hydrogens is 282 g/mol. The Kier molecular flexibility index (Phi) is 17.4. The summed E-state index contributed by atoms with van der Waals surface area (Å²) >= 11 is 0. The second kappa shape index (κ2) is 12.6. The molecular formula is C8H16AgNO4. The van der Waals surface area contributed by atoms with Gasteiger partial charge in [-0.3, -0.25) is 0 Å². The zero-order valence-corrected chi connectivity index (χ0v) is 9.50. The molecule has 0 bridgehead atoms. The summed E-state index contributed by atoms with van der Waals surface area (Å²) in [4.78, 5) is 8.36. The van der Waals surface area contributed by atoms with Crippen LogP contribution in [0.25, 0.3) is 0 Å². The van der Waals surface area contributed by atoms with E-state index in [-0.39, 0.29) is 35.9 Å². The Bertz CT molecular complexity index is 159. The van der Waals surface area contributed by atoms with Crippen LogP contribution in [0.3, 0.4) is 0 Å². The van der Waals surface area contributed by atoms with Gasteiger partial charge in [0.2, 0.25) is 0 Å². The number of hydrogen-bond acceptors (Lipinski definition) is 3. The van der Waals surface area contributed by atoms with E-state index in [4.69, 9.17) is 20.4 Å². The van der Waals surface area contributed by atoms with Gasteiger partial charge in [0.25, 0.3) is 5.09 Å². The van der Waals surface area contributed by atoms with Crippen LogP contribution in [0.4, 0.5) is 0 Å². The summed E-state index contributed by atoms with van der Waals surface area (Å²) in [7, 11) is 0. The Balaban J connectivity index is -0.000000180. The van der Waals surface area contributed by atoms with Crippen LogP contribution in [0.1, 0.15) is 25.7 Å². The molecule has 0 aliphatic heterocycles. The van der Waals surface area contributed by atoms with E-state index in [0.29, 0.717) is 0 Å². The molecule has 0 fully saturated rings. The van der Waals surface area contributed by atoms with Crippen molar-refractivity contribution in [3.8, 4) is 0 Å². The molecule has 1 aliphatic rings. The first-order valence-corrected chi connectivity index (χ1v) is 3.79. The summed E-state index contributed by atoms with van der Waals surface area (Å²) in [6, 6.07) is 0. The zero-order chi connectivity index (χ0) is 9.40. The number of hydrogen-bond donors (Lipinski definition) is 2. The average Bonchev–Trinajstić information content (AvgIpc) is 2.14. The van der Waals surface area contributed by atoms with Gasteiger partial charge in [0.05, 0.1) is 6.10 Å². The second-order valence-corrected chi connectivity index (χ2v) is 2.53. The van der Waals surface area contributed by atoms with Crippen molar-refractivity contribution >= 4 is 0 Å². The molecule has 0 aromatic rings. The molecule has 1 aliphatic carbocycles. The van der Waals surface area contributed by atoms with E-state index in [1.165, 1.54) is 0 Å². The van der Waals surface area contributed by atoms with Crippen molar-refractivity contribution in [1.82, 2.24) is 0 Å². The molecule has 6 heteroatoms. The van der Waals surface area contributed by atoms with Crippen LogP contribution in [-0.2, 0) is 22.4 Å². The molecule has 0 unspecified atom stereocenters. The summed E-state index contributed by atoms with van der Waals surface area (Å²) < 4.78 is 0. The fraction of sp³-hybridized carbons (Fsp3) is 0.625. The van der Waals surface area contributed by atoms with Gasteiger partial charge < -0.3 is 17.7 Å². The maximum Gasteiger partial charge on any atom is 1.00 e. The SMILES string of the molecule is O=[N+]([O-])O.O[C@@H]1CC=CCCC1.[Ag+].[CH3-]. The van der Waals surface area contributed by atoms with Gasteiger partial charge in [-0.05, 0) is 25.7 Å². The number of aliphatic hydroxyl groups is 1. The topological polar surface area (TPSA) is 83.6 Å². The van der Waals surface area contributed by atoms with Gasteiger partial charge in [-0.1, -0.05) is 12.2 Å². The van der Waals surface area contributed by atoms with Crippen molar-refractivity contribution in [2.24, 2.45) is 0 Å². The van der Waals surface area contributed by atoms with Crippen molar-refractivity contribution in [2.75, 3.05) is 0 Å². The maximum absolute atomic E-state index is 9.04. The van der Waals surface area contributed by atoms with E-state index in [9.17, 15) is 0 Å². The molecule has 0 spiro atoms. The van der Waals surface area contributed by atoms with Gasteiger partial charge in [-0.15, -0.1) is 10.1 Å². The monoisotopic (exact) mass is 297 g/mol. The number of allylic oxidation sites excluding steroid dienone is 1. The fourth-order valence-corrected chi connectivity index (χ4v) is 0.960. The first-order valence-electron chi connectivity index (χ1n) is 3.79. The van der Waals surface area contributed by atoms with Crippen molar-refractivity contribution < 1.29 is 37.8 Å². The van der Waals surface area contributed by atoms with E-state index < -0.39 is 5.09 Å². The Morgan fingerprint density at radius 2 is 1.93 bits per heavy atom. The van der Waals surface area contributed by atoms with Crippen molar-refractivity contribution in [2.45, 2.75) is 31.8 Å². The van der Waals surface area contributed by atoms with Crippen molar-refractivity contribution in [3.63, 3.8) is 0 Å². The first-order chi connectivity index (χ1) is 5.63. The van der Waals surface area contributed by atoms with Gasteiger partial charge in [-0.2, -0.15) is 0 Å². The minimum Gasteiger partial charge on any atom is -0.393 e. The second-order valence-electron chi connectivity index (χ2n) is 2.53. The fourth-order valence-electron chi connectivity index (χ4n) is 0.960. The minimum absolute atomic E-state index is 0. The Labute approximate surface area is 99.4 Å². The Morgan fingerprint density at radius 1 is 1.43 bits per heavy atom. The van der Waals surface area contributed by atoms with E-state index in [1.54, 1.807) is 0 Å². The predicted molar refractivity (Wildman–Crippen MR) is 48.8 cm³/mol. The zero-order valence-electron chi connectivity index (χ0n) is 8.02. The van der Waals surface area contributed by atoms with Gasteiger partial charge in [-0.25, -0.2) is 0 Å². The van der Waals surface area contributed by atoms with Crippen LogP contribution in [-0.4, -0.2) is 21.5 Å². The number of nitrogens with zero attached hydrogens (tertiary/aromatic N) is 1. The van der Waals surface area contributed by atoms with Crippen LogP contribution < -0.4 is 0 Å². The first kappa shape index (κ1) is 19.2. The van der Waals surface area contributed by atoms with Crippen LogP contribution in [0.5, 0.6) is 0 Å². The van der Waals surface area contributed by atoms with E-state index in [2.05, 4.69) is 12.2 Å². The van der Waals surface area contributed by atoms with Gasteiger partial charge in [0.1, 0.15) is 0 Å². The Morgan fingerprint density at radius 3 is 2.43 bits per heavy atom. The summed E-state index contributed by atoms with van der Waals surface area (Å²) in [5, 5.41) is 22.7. The molecule has 0 saturated heterocycles. The van der Waals surface area contributed by atoms with Crippen LogP contribution in [0.2, 0.25) is 0 Å². The molecule has 1 rings (SSSR count). The smallest absolute Gasteiger partial charge is 0.393 e. The van der Waals surface area contributed by atoms with E-state index >= 15 is 0 Å². The average molecular weight is 298 g/mol. The van der Waals surface area contributed by atoms with Gasteiger partial charge >= 0.3 is 22.4 Å². The van der Waals surface area contributed by atoms with Gasteiger partial charge in [0, 0.05) is 0 Å². The third-order valence-corrected chi connectivity index (χ3v) is 1.48. The summed E-state index contributed by atoms with van der Waals surface area (Å²) in [5.41, 5.74) is 0. The van der Waals surface area contributed by atoms with Crippen molar-refractivity contribution in [1.29, 1.82) is 0 Å². The number of aliphatic hydroxyl groups excluding tert-OH is 1. The van der Waals surface area contributed by atoms with Gasteiger partial charge in [0.15, 0.2) is 0 Å². The maximum atomic E-state index is 9.04. The van der Waals surface area contributed by atoms with E-state index in [0.717, 1.165) is 25.7 Å². The Hall–Kier alpha value is -0.360. The molecule has 0 heterocycles. The number of rotatable bonds is 0. The molecule has 5 nitrogen and oxygen atoms in total.